The quantitative estimate of drug-likeness (QED) is 0.191. The fourth-order valence-electron chi connectivity index (χ4n) is 2.89. The Labute approximate surface area is 172 Å². The smallest absolute Gasteiger partial charge is 0.450 e. The third-order valence-electron chi connectivity index (χ3n) is 4.75. The van der Waals surface area contributed by atoms with Gasteiger partial charge in [-0.15, -0.1) is 0 Å². The summed E-state index contributed by atoms with van der Waals surface area (Å²) >= 11 is 0. The van der Waals surface area contributed by atoms with Gasteiger partial charge in [-0.25, -0.2) is 9.59 Å². The third-order valence-corrected chi connectivity index (χ3v) is 4.75. The Morgan fingerprint density at radius 2 is 0.821 bits per heavy atom. The van der Waals surface area contributed by atoms with Crippen LogP contribution in [0.15, 0.2) is 0 Å². The van der Waals surface area contributed by atoms with Crippen LogP contribution in [0.1, 0.15) is 124 Å². The minimum atomic E-state index is -1.83. The van der Waals surface area contributed by atoms with Crippen LogP contribution in [0.5, 0.6) is 0 Å². The highest BCUT2D eigenvalue weighted by Crippen LogP contribution is 2.15. The van der Waals surface area contributed by atoms with E-state index in [-0.39, 0.29) is 0 Å². The number of rotatable bonds is 16. The van der Waals surface area contributed by atoms with Crippen molar-refractivity contribution in [3.05, 3.63) is 0 Å². The largest absolute Gasteiger partial charge is 0.503 e. The predicted molar refractivity (Wildman–Crippen MR) is 116 cm³/mol. The lowest BCUT2D eigenvalue weighted by molar-refractivity contribution is 0.135. The summed E-state index contributed by atoms with van der Waals surface area (Å²) in [7, 11) is 0. The van der Waals surface area contributed by atoms with E-state index in [2.05, 4.69) is 20.8 Å². The second kappa shape index (κ2) is 27.8. The molecule has 0 bridgehead atoms. The molecule has 170 valence electrons. The molecule has 0 aromatic heterocycles. The average molecular weight is 407 g/mol. The van der Waals surface area contributed by atoms with Gasteiger partial charge in [-0.2, -0.15) is 0 Å². The summed E-state index contributed by atoms with van der Waals surface area (Å²) < 4.78 is 0. The van der Waals surface area contributed by atoms with Gasteiger partial charge in [-0.1, -0.05) is 124 Å². The molecule has 0 aliphatic carbocycles. The molecule has 0 aliphatic rings. The van der Waals surface area contributed by atoms with Crippen LogP contribution in [0, 0.1) is 5.92 Å². The number of carbonyl (C=O) groups is 2. The monoisotopic (exact) mass is 406 g/mol. The molecule has 0 saturated carbocycles. The highest BCUT2D eigenvalue weighted by molar-refractivity contribution is 5.53. The molecule has 0 rings (SSSR count). The Morgan fingerprint density at radius 3 is 1.07 bits per heavy atom. The van der Waals surface area contributed by atoms with Gasteiger partial charge >= 0.3 is 12.3 Å². The maximum absolute atomic E-state index is 8.56. The van der Waals surface area contributed by atoms with Crippen molar-refractivity contribution in [1.29, 1.82) is 0 Å². The van der Waals surface area contributed by atoms with Gasteiger partial charge in [0.05, 0.1) is 0 Å². The van der Waals surface area contributed by atoms with Crippen molar-refractivity contribution in [1.82, 2.24) is 0 Å². The van der Waals surface area contributed by atoms with E-state index in [0.29, 0.717) is 0 Å². The van der Waals surface area contributed by atoms with Gasteiger partial charge in [-0.05, 0) is 5.92 Å². The molecule has 1 atom stereocenters. The van der Waals surface area contributed by atoms with Crippen LogP contribution in [0.3, 0.4) is 0 Å². The molecular weight excluding hydrogens is 360 g/mol. The molecule has 1 unspecified atom stereocenters. The SMILES string of the molecule is CCCCCCCCCCCCCCCCC(C)CC.O=C(O)O.O=C(O)O. The van der Waals surface area contributed by atoms with Crippen molar-refractivity contribution in [3.63, 3.8) is 0 Å². The second-order valence-electron chi connectivity index (χ2n) is 7.46. The van der Waals surface area contributed by atoms with Crippen molar-refractivity contribution in [2.45, 2.75) is 124 Å². The van der Waals surface area contributed by atoms with Crippen LogP contribution in [0.4, 0.5) is 9.59 Å². The van der Waals surface area contributed by atoms with E-state index < -0.39 is 12.3 Å². The summed E-state index contributed by atoms with van der Waals surface area (Å²) in [6.45, 7) is 7.00. The topological polar surface area (TPSA) is 115 Å². The zero-order valence-electron chi connectivity index (χ0n) is 18.5. The molecule has 0 spiro atoms. The Kier molecular flexibility index (Phi) is 31.0. The standard InChI is InChI=1S/C20H42.2CH2O3/c1-4-6-7-8-9-10-11-12-13-14-15-16-17-18-19-20(3)5-2;2*2-1(3)4/h20H,4-19H2,1-3H3;2*(H2,2,3,4). The molecule has 6 heteroatoms. The summed E-state index contributed by atoms with van der Waals surface area (Å²) in [6, 6.07) is 0. The molecule has 0 fully saturated rings. The van der Waals surface area contributed by atoms with Crippen LogP contribution in [0.2, 0.25) is 0 Å². The molecular formula is C22H46O6. The van der Waals surface area contributed by atoms with Crippen molar-refractivity contribution < 1.29 is 30.0 Å². The Bertz CT molecular complexity index is 300. The molecule has 0 heterocycles. The first-order valence-corrected chi connectivity index (χ1v) is 11.1. The number of carboxylic acid groups (broad SMARTS) is 4. The molecule has 0 radical (unpaired) electrons. The predicted octanol–water partition coefficient (Wildman–Crippen LogP) is 8.35. The molecule has 0 aromatic carbocycles. The first-order chi connectivity index (χ1) is 13.3. The van der Waals surface area contributed by atoms with E-state index >= 15 is 0 Å². The van der Waals surface area contributed by atoms with Crippen LogP contribution in [-0.4, -0.2) is 32.7 Å². The Balaban J connectivity index is -0.000000656. The third kappa shape index (κ3) is 49.7. The summed E-state index contributed by atoms with van der Waals surface area (Å²) in [5.41, 5.74) is 0. The summed E-state index contributed by atoms with van der Waals surface area (Å²) in [6.07, 6.45) is 19.7. The highest BCUT2D eigenvalue weighted by atomic mass is 16.6. The minimum absolute atomic E-state index is 0.951. The maximum Gasteiger partial charge on any atom is 0.503 e. The van der Waals surface area contributed by atoms with Gasteiger partial charge in [0.2, 0.25) is 0 Å². The average Bonchev–Trinajstić information content (AvgIpc) is 2.60. The molecule has 6 nitrogen and oxygen atoms in total. The first kappa shape index (κ1) is 31.2. The van der Waals surface area contributed by atoms with E-state index in [1.807, 2.05) is 0 Å². The molecule has 0 aromatic rings. The normalized spacial score (nSPS) is 10.8. The highest BCUT2D eigenvalue weighted by Gasteiger charge is 1.98. The summed E-state index contributed by atoms with van der Waals surface area (Å²) in [4.78, 5) is 17.1. The van der Waals surface area contributed by atoms with Crippen LogP contribution in [0.25, 0.3) is 0 Å². The molecule has 0 saturated heterocycles. The van der Waals surface area contributed by atoms with E-state index in [1.165, 1.54) is 103 Å². The van der Waals surface area contributed by atoms with E-state index in [4.69, 9.17) is 30.0 Å². The number of hydrogen-bond donors (Lipinski definition) is 4. The van der Waals surface area contributed by atoms with E-state index in [1.54, 1.807) is 0 Å². The van der Waals surface area contributed by atoms with Gasteiger partial charge < -0.3 is 20.4 Å². The fourth-order valence-corrected chi connectivity index (χ4v) is 2.89. The van der Waals surface area contributed by atoms with Crippen LogP contribution >= 0.6 is 0 Å². The first-order valence-electron chi connectivity index (χ1n) is 11.1. The fraction of sp³-hybridized carbons (Fsp3) is 0.909. The maximum atomic E-state index is 8.56. The van der Waals surface area contributed by atoms with Gasteiger partial charge in [-0.3, -0.25) is 0 Å². The van der Waals surface area contributed by atoms with Gasteiger partial charge in [0.1, 0.15) is 0 Å². The number of hydrogen-bond acceptors (Lipinski definition) is 2. The lowest BCUT2D eigenvalue weighted by atomic mass is 9.99. The molecule has 0 aliphatic heterocycles. The molecule has 0 amide bonds. The molecule has 28 heavy (non-hydrogen) atoms. The van der Waals surface area contributed by atoms with Crippen molar-refractivity contribution >= 4 is 12.3 Å². The van der Waals surface area contributed by atoms with Crippen molar-refractivity contribution in [3.8, 4) is 0 Å². The second-order valence-corrected chi connectivity index (χ2v) is 7.46. The zero-order valence-corrected chi connectivity index (χ0v) is 18.5. The zero-order chi connectivity index (χ0) is 22.0. The van der Waals surface area contributed by atoms with Gasteiger partial charge in [0.15, 0.2) is 0 Å². The van der Waals surface area contributed by atoms with Crippen LogP contribution < -0.4 is 0 Å². The Hall–Kier alpha value is -1.46. The lowest BCUT2D eigenvalue weighted by Crippen LogP contribution is -1.91. The van der Waals surface area contributed by atoms with Crippen molar-refractivity contribution in [2.24, 2.45) is 5.92 Å². The van der Waals surface area contributed by atoms with E-state index in [0.717, 1.165) is 5.92 Å². The minimum Gasteiger partial charge on any atom is -0.450 e. The molecule has 4 N–H and O–H groups in total. The van der Waals surface area contributed by atoms with Crippen LogP contribution in [-0.2, 0) is 0 Å². The lowest BCUT2D eigenvalue weighted by Gasteiger charge is -2.07. The number of unbranched alkanes of at least 4 members (excludes halogenated alkanes) is 13. The van der Waals surface area contributed by atoms with Gasteiger partial charge in [0, 0.05) is 0 Å². The summed E-state index contributed by atoms with van der Waals surface area (Å²) in [5.74, 6) is 0.951. The summed E-state index contributed by atoms with van der Waals surface area (Å²) in [5, 5.41) is 27.9. The van der Waals surface area contributed by atoms with Gasteiger partial charge in [0.25, 0.3) is 0 Å². The van der Waals surface area contributed by atoms with E-state index in [9.17, 15) is 0 Å². The Morgan fingerprint density at radius 1 is 0.571 bits per heavy atom. The van der Waals surface area contributed by atoms with Crippen molar-refractivity contribution in [2.75, 3.05) is 0 Å².